The molecule has 1 aliphatic heterocycles. The Kier molecular flexibility index (Phi) is 5.68. The number of halogens is 3. The van der Waals surface area contributed by atoms with Crippen molar-refractivity contribution in [3.63, 3.8) is 0 Å². The molecule has 0 bridgehead atoms. The van der Waals surface area contributed by atoms with E-state index in [1.807, 2.05) is 11.8 Å². The quantitative estimate of drug-likeness (QED) is 0.922. The summed E-state index contributed by atoms with van der Waals surface area (Å²) in [7, 11) is 0. The van der Waals surface area contributed by atoms with Gasteiger partial charge in [0.25, 0.3) is 0 Å². The molecule has 2 unspecified atom stereocenters. The van der Waals surface area contributed by atoms with E-state index in [2.05, 4.69) is 0 Å². The van der Waals surface area contributed by atoms with Gasteiger partial charge in [-0.05, 0) is 43.4 Å². The molecule has 1 aromatic rings. The minimum Gasteiger partial charge on any atom is -0.338 e. The molecule has 2 atom stereocenters. The Hall–Kier alpha value is -1.56. The first-order valence-electron chi connectivity index (χ1n) is 7.99. The Morgan fingerprint density at radius 2 is 1.96 bits per heavy atom. The van der Waals surface area contributed by atoms with Crippen molar-refractivity contribution >= 4 is 5.91 Å². The van der Waals surface area contributed by atoms with Gasteiger partial charge >= 0.3 is 6.18 Å². The van der Waals surface area contributed by atoms with Crippen molar-refractivity contribution in [3.05, 3.63) is 35.4 Å². The maximum absolute atomic E-state index is 12.6. The number of hydrogen-bond donors (Lipinski definition) is 1. The maximum Gasteiger partial charge on any atom is 0.416 e. The van der Waals surface area contributed by atoms with Gasteiger partial charge < -0.3 is 10.6 Å². The van der Waals surface area contributed by atoms with E-state index in [0.29, 0.717) is 13.0 Å². The third-order valence-electron chi connectivity index (χ3n) is 4.43. The first-order valence-corrected chi connectivity index (χ1v) is 7.99. The van der Waals surface area contributed by atoms with E-state index >= 15 is 0 Å². The van der Waals surface area contributed by atoms with E-state index in [9.17, 15) is 18.0 Å². The minimum atomic E-state index is -4.33. The largest absolute Gasteiger partial charge is 0.416 e. The molecule has 6 heteroatoms. The molecule has 128 valence electrons. The first kappa shape index (κ1) is 17.8. The van der Waals surface area contributed by atoms with Crippen LogP contribution in [-0.4, -0.2) is 29.9 Å². The van der Waals surface area contributed by atoms with Gasteiger partial charge in [-0.15, -0.1) is 0 Å². The molecule has 1 fully saturated rings. The van der Waals surface area contributed by atoms with Crippen LogP contribution in [-0.2, 0) is 17.4 Å². The Morgan fingerprint density at radius 3 is 2.52 bits per heavy atom. The standard InChI is InChI=1S/C17H23F3N2O/c1-12(16(23)22-9-3-2-4-15(22)11-21)10-13-5-7-14(8-6-13)17(18,19)20/h5-8,12,15H,2-4,9-11,21H2,1H3. The average Bonchev–Trinajstić information content (AvgIpc) is 2.53. The number of hydrogen-bond acceptors (Lipinski definition) is 2. The molecule has 1 heterocycles. The highest BCUT2D eigenvalue weighted by atomic mass is 19.4. The molecular formula is C17H23F3N2O. The van der Waals surface area contributed by atoms with Crippen LogP contribution in [0.25, 0.3) is 0 Å². The molecule has 1 aromatic carbocycles. The number of alkyl halides is 3. The maximum atomic E-state index is 12.6. The van der Waals surface area contributed by atoms with Crippen LogP contribution >= 0.6 is 0 Å². The van der Waals surface area contributed by atoms with Gasteiger partial charge in [-0.1, -0.05) is 19.1 Å². The summed E-state index contributed by atoms with van der Waals surface area (Å²) in [4.78, 5) is 14.4. The number of piperidine rings is 1. The smallest absolute Gasteiger partial charge is 0.338 e. The number of nitrogens with two attached hydrogens (primary N) is 1. The normalized spacial score (nSPS) is 20.4. The van der Waals surface area contributed by atoms with Gasteiger partial charge in [0, 0.05) is 25.0 Å². The zero-order valence-corrected chi connectivity index (χ0v) is 13.3. The van der Waals surface area contributed by atoms with Crippen molar-refractivity contribution in [2.75, 3.05) is 13.1 Å². The Bertz CT molecular complexity index is 528. The van der Waals surface area contributed by atoms with Gasteiger partial charge in [-0.25, -0.2) is 0 Å². The number of rotatable bonds is 4. The molecule has 2 N–H and O–H groups in total. The van der Waals surface area contributed by atoms with Crippen LogP contribution in [0.5, 0.6) is 0 Å². The van der Waals surface area contributed by atoms with E-state index in [-0.39, 0.29) is 17.9 Å². The third-order valence-corrected chi connectivity index (χ3v) is 4.43. The molecule has 0 aromatic heterocycles. The summed E-state index contributed by atoms with van der Waals surface area (Å²) in [6.07, 6.45) is -0.906. The van der Waals surface area contributed by atoms with E-state index in [4.69, 9.17) is 5.73 Å². The lowest BCUT2D eigenvalue weighted by atomic mass is 9.95. The molecule has 23 heavy (non-hydrogen) atoms. The first-order chi connectivity index (χ1) is 10.8. The molecule has 1 amide bonds. The van der Waals surface area contributed by atoms with Crippen LogP contribution in [0.3, 0.4) is 0 Å². The number of benzene rings is 1. The lowest BCUT2D eigenvalue weighted by molar-refractivity contribution is -0.139. The second kappa shape index (κ2) is 7.34. The van der Waals surface area contributed by atoms with Crippen LogP contribution < -0.4 is 5.73 Å². The van der Waals surface area contributed by atoms with Crippen LogP contribution in [0.15, 0.2) is 24.3 Å². The van der Waals surface area contributed by atoms with Crippen molar-refractivity contribution in [3.8, 4) is 0 Å². The summed E-state index contributed by atoms with van der Waals surface area (Å²) in [6.45, 7) is 3.00. The van der Waals surface area contributed by atoms with Gasteiger partial charge in [-0.2, -0.15) is 13.2 Å². The molecule has 0 aliphatic carbocycles. The van der Waals surface area contributed by atoms with Gasteiger partial charge in [0.15, 0.2) is 0 Å². The number of likely N-dealkylation sites (tertiary alicyclic amines) is 1. The zero-order chi connectivity index (χ0) is 17.0. The zero-order valence-electron chi connectivity index (χ0n) is 13.3. The minimum absolute atomic E-state index is 0.0417. The van der Waals surface area contributed by atoms with Crippen molar-refractivity contribution in [2.24, 2.45) is 11.7 Å². The fraction of sp³-hybridized carbons (Fsp3) is 0.588. The third kappa shape index (κ3) is 4.47. The number of carbonyl (C=O) groups is 1. The van der Waals surface area contributed by atoms with E-state index in [1.54, 1.807) is 0 Å². The summed E-state index contributed by atoms with van der Waals surface area (Å²) in [5.74, 6) is -0.223. The fourth-order valence-electron chi connectivity index (χ4n) is 3.09. The lowest BCUT2D eigenvalue weighted by Gasteiger charge is -2.36. The summed E-state index contributed by atoms with van der Waals surface area (Å²) in [6, 6.07) is 5.12. The fourth-order valence-corrected chi connectivity index (χ4v) is 3.09. The summed E-state index contributed by atoms with van der Waals surface area (Å²) in [5.41, 5.74) is 5.81. The lowest BCUT2D eigenvalue weighted by Crippen LogP contribution is -2.49. The van der Waals surface area contributed by atoms with Gasteiger partial charge in [0.2, 0.25) is 5.91 Å². The molecule has 0 spiro atoms. The predicted octanol–water partition coefficient (Wildman–Crippen LogP) is 3.22. The number of carbonyl (C=O) groups excluding carboxylic acids is 1. The predicted molar refractivity (Wildman–Crippen MR) is 82.7 cm³/mol. The van der Waals surface area contributed by atoms with Gasteiger partial charge in [0.05, 0.1) is 5.56 Å². The monoisotopic (exact) mass is 328 g/mol. The SMILES string of the molecule is CC(Cc1ccc(C(F)(F)F)cc1)C(=O)N1CCCCC1CN. The highest BCUT2D eigenvalue weighted by Crippen LogP contribution is 2.29. The molecule has 3 nitrogen and oxygen atoms in total. The summed E-state index contributed by atoms with van der Waals surface area (Å²) in [5, 5.41) is 0. The van der Waals surface area contributed by atoms with Gasteiger partial charge in [0.1, 0.15) is 0 Å². The molecule has 1 aliphatic rings. The highest BCUT2D eigenvalue weighted by molar-refractivity contribution is 5.79. The average molecular weight is 328 g/mol. The van der Waals surface area contributed by atoms with Crippen LogP contribution in [0.2, 0.25) is 0 Å². The van der Waals surface area contributed by atoms with Crippen LogP contribution in [0, 0.1) is 5.92 Å². The number of nitrogens with zero attached hydrogens (tertiary/aromatic N) is 1. The van der Waals surface area contributed by atoms with Crippen molar-refractivity contribution in [2.45, 2.75) is 44.8 Å². The Labute approximate surface area is 134 Å². The number of amides is 1. The molecular weight excluding hydrogens is 305 g/mol. The van der Waals surface area contributed by atoms with Crippen molar-refractivity contribution in [1.29, 1.82) is 0 Å². The van der Waals surface area contributed by atoms with Crippen molar-refractivity contribution < 1.29 is 18.0 Å². The Balaban J connectivity index is 2.00. The Morgan fingerprint density at radius 1 is 1.30 bits per heavy atom. The van der Waals surface area contributed by atoms with Crippen LogP contribution in [0.4, 0.5) is 13.2 Å². The molecule has 0 saturated carbocycles. The highest BCUT2D eigenvalue weighted by Gasteiger charge is 2.31. The molecule has 2 rings (SSSR count). The molecule has 0 radical (unpaired) electrons. The van der Waals surface area contributed by atoms with Crippen molar-refractivity contribution in [1.82, 2.24) is 4.90 Å². The molecule has 1 saturated heterocycles. The van der Waals surface area contributed by atoms with Crippen LogP contribution in [0.1, 0.15) is 37.3 Å². The van der Waals surface area contributed by atoms with E-state index < -0.39 is 11.7 Å². The topological polar surface area (TPSA) is 46.3 Å². The second-order valence-electron chi connectivity index (χ2n) is 6.22. The second-order valence-corrected chi connectivity index (χ2v) is 6.22. The van der Waals surface area contributed by atoms with Gasteiger partial charge in [-0.3, -0.25) is 4.79 Å². The summed E-state index contributed by atoms with van der Waals surface area (Å²) < 4.78 is 37.7. The van der Waals surface area contributed by atoms with E-state index in [0.717, 1.165) is 43.5 Å². The summed E-state index contributed by atoms with van der Waals surface area (Å²) >= 11 is 0. The van der Waals surface area contributed by atoms with E-state index in [1.165, 1.54) is 12.1 Å².